The molecule has 0 unspecified atom stereocenters. The molecule has 1 aliphatic carbocycles. The predicted molar refractivity (Wildman–Crippen MR) is 72.8 cm³/mol. The van der Waals surface area contributed by atoms with E-state index in [1.54, 1.807) is 7.11 Å². The molecule has 0 heterocycles. The fourth-order valence-electron chi connectivity index (χ4n) is 2.21. The Morgan fingerprint density at radius 2 is 1.95 bits per heavy atom. The van der Waals surface area contributed by atoms with E-state index in [0.29, 0.717) is 6.42 Å². The molecular formula is C14H21NO5. The maximum atomic E-state index is 10.7. The van der Waals surface area contributed by atoms with Crippen LogP contribution in [0.4, 0.5) is 0 Å². The molecule has 0 aromatic carbocycles. The van der Waals surface area contributed by atoms with Crippen LogP contribution in [0, 0.1) is 5.92 Å². The number of hydrogen-bond donors (Lipinski definition) is 3. The molecule has 0 spiro atoms. The lowest BCUT2D eigenvalue weighted by Crippen LogP contribution is -2.23. The van der Waals surface area contributed by atoms with E-state index in [1.165, 1.54) is 5.57 Å². The van der Waals surface area contributed by atoms with Crippen molar-refractivity contribution in [2.24, 2.45) is 5.92 Å². The molecule has 3 N–H and O–H groups in total. The highest BCUT2D eigenvalue weighted by atomic mass is 16.6. The van der Waals surface area contributed by atoms with Crippen LogP contribution in [0.1, 0.15) is 38.5 Å². The van der Waals surface area contributed by atoms with Crippen LogP contribution in [0.15, 0.2) is 23.4 Å². The number of hydrogen-bond acceptors (Lipinski definition) is 4. The van der Waals surface area contributed by atoms with E-state index < -0.39 is 17.9 Å². The van der Waals surface area contributed by atoms with E-state index >= 15 is 0 Å². The van der Waals surface area contributed by atoms with Gasteiger partial charge in [0.15, 0.2) is 5.92 Å². The Balaban J connectivity index is 2.21. The van der Waals surface area contributed by atoms with Crippen LogP contribution in [0.5, 0.6) is 0 Å². The first kappa shape index (κ1) is 16.2. The van der Waals surface area contributed by atoms with Crippen LogP contribution < -0.4 is 5.48 Å². The Hall–Kier alpha value is -1.82. The van der Waals surface area contributed by atoms with Gasteiger partial charge in [-0.15, -0.1) is 0 Å². The third kappa shape index (κ3) is 5.05. The minimum absolute atomic E-state index is 0.183. The van der Waals surface area contributed by atoms with Gasteiger partial charge in [0.05, 0.1) is 12.8 Å². The highest BCUT2D eigenvalue weighted by molar-refractivity contribution is 5.92. The first-order valence-corrected chi connectivity index (χ1v) is 6.70. The van der Waals surface area contributed by atoms with Gasteiger partial charge in [0, 0.05) is 0 Å². The summed E-state index contributed by atoms with van der Waals surface area (Å²) < 4.78 is 0. The zero-order chi connectivity index (χ0) is 15.0. The first-order chi connectivity index (χ1) is 9.56. The second-order valence-corrected chi connectivity index (χ2v) is 4.72. The van der Waals surface area contributed by atoms with Crippen molar-refractivity contribution in [3.05, 3.63) is 23.4 Å². The number of carboxylic acid groups (broad SMARTS) is 2. The van der Waals surface area contributed by atoms with Gasteiger partial charge >= 0.3 is 11.9 Å². The Labute approximate surface area is 118 Å². The summed E-state index contributed by atoms with van der Waals surface area (Å²) in [6.07, 6.45) is 8.45. The summed E-state index contributed by atoms with van der Waals surface area (Å²) in [5.41, 5.74) is 5.00. The molecule has 112 valence electrons. The molecule has 6 heteroatoms. The van der Waals surface area contributed by atoms with E-state index in [9.17, 15) is 9.59 Å². The van der Waals surface area contributed by atoms with Crippen molar-refractivity contribution in [3.63, 3.8) is 0 Å². The zero-order valence-corrected chi connectivity index (χ0v) is 11.6. The molecule has 0 aliphatic heterocycles. The van der Waals surface area contributed by atoms with Crippen molar-refractivity contribution in [2.45, 2.75) is 38.5 Å². The summed E-state index contributed by atoms with van der Waals surface area (Å²) in [6.45, 7) is 0. The number of carbonyl (C=O) groups is 2. The summed E-state index contributed by atoms with van der Waals surface area (Å²) in [5.74, 6) is -3.80. The van der Waals surface area contributed by atoms with Crippen LogP contribution in [0.25, 0.3) is 0 Å². The van der Waals surface area contributed by atoms with Crippen molar-refractivity contribution >= 4 is 11.9 Å². The molecular weight excluding hydrogens is 262 g/mol. The van der Waals surface area contributed by atoms with Gasteiger partial charge in [0.2, 0.25) is 0 Å². The topological polar surface area (TPSA) is 95.9 Å². The summed E-state index contributed by atoms with van der Waals surface area (Å²) in [4.78, 5) is 26.3. The second kappa shape index (κ2) is 8.37. The second-order valence-electron chi connectivity index (χ2n) is 4.72. The fraction of sp³-hybridized carbons (Fsp3) is 0.571. The number of unbranched alkanes of at least 4 members (excludes halogenated alkanes) is 2. The van der Waals surface area contributed by atoms with Crippen molar-refractivity contribution in [3.8, 4) is 0 Å². The fourth-order valence-corrected chi connectivity index (χ4v) is 2.21. The van der Waals surface area contributed by atoms with Crippen LogP contribution in [0.3, 0.4) is 0 Å². The number of aliphatic carboxylic acids is 2. The quantitative estimate of drug-likeness (QED) is 0.323. The van der Waals surface area contributed by atoms with E-state index in [4.69, 9.17) is 15.1 Å². The smallest absolute Gasteiger partial charge is 0.317 e. The van der Waals surface area contributed by atoms with Gasteiger partial charge in [0.25, 0.3) is 0 Å². The van der Waals surface area contributed by atoms with Crippen molar-refractivity contribution in [1.82, 2.24) is 5.48 Å². The van der Waals surface area contributed by atoms with Gasteiger partial charge < -0.3 is 10.2 Å². The summed E-state index contributed by atoms with van der Waals surface area (Å²) in [7, 11) is 1.56. The molecule has 0 fully saturated rings. The number of allylic oxidation sites excluding steroid dienone is 3. The minimum Gasteiger partial charge on any atom is -0.481 e. The molecule has 0 amide bonds. The molecule has 0 saturated carbocycles. The molecule has 1 rings (SSSR count). The van der Waals surface area contributed by atoms with Crippen molar-refractivity contribution < 1.29 is 24.6 Å². The monoisotopic (exact) mass is 283 g/mol. The molecule has 0 aromatic heterocycles. The number of hydroxylamine groups is 1. The molecule has 0 saturated heterocycles. The maximum Gasteiger partial charge on any atom is 0.317 e. The predicted octanol–water partition coefficient (Wildman–Crippen LogP) is 2.09. The summed E-state index contributed by atoms with van der Waals surface area (Å²) in [5, 5.41) is 17.5. The molecule has 0 atom stereocenters. The Morgan fingerprint density at radius 1 is 1.25 bits per heavy atom. The standard InChI is InChI=1S/C14H21NO5/c1-20-15-12-9-5-7-10(12)6-3-2-4-8-11(13(16)17)14(18)19/h7,9,11,15H,2-6,8H2,1H3,(H,16,17)(H,18,19). The Bertz CT molecular complexity index is 400. The van der Waals surface area contributed by atoms with E-state index in [2.05, 4.69) is 11.6 Å². The molecule has 6 nitrogen and oxygen atoms in total. The minimum atomic E-state index is -1.29. The van der Waals surface area contributed by atoms with Gasteiger partial charge in [-0.3, -0.25) is 19.9 Å². The lowest BCUT2D eigenvalue weighted by Gasteiger charge is -2.10. The summed E-state index contributed by atoms with van der Waals surface area (Å²) >= 11 is 0. The van der Waals surface area contributed by atoms with Gasteiger partial charge in [-0.25, -0.2) is 0 Å². The van der Waals surface area contributed by atoms with Crippen LogP contribution in [0.2, 0.25) is 0 Å². The number of carboxylic acids is 2. The first-order valence-electron chi connectivity index (χ1n) is 6.70. The molecule has 0 bridgehead atoms. The largest absolute Gasteiger partial charge is 0.481 e. The highest BCUT2D eigenvalue weighted by Gasteiger charge is 2.24. The van der Waals surface area contributed by atoms with Gasteiger partial charge in [0.1, 0.15) is 0 Å². The average molecular weight is 283 g/mol. The van der Waals surface area contributed by atoms with Crippen molar-refractivity contribution in [2.75, 3.05) is 7.11 Å². The van der Waals surface area contributed by atoms with Crippen molar-refractivity contribution in [1.29, 1.82) is 0 Å². The lowest BCUT2D eigenvalue weighted by molar-refractivity contribution is -0.154. The van der Waals surface area contributed by atoms with Gasteiger partial charge in [-0.2, -0.15) is 0 Å². The SMILES string of the molecule is CONC1=CCC=C1CCCCCC(C(=O)O)C(=O)O. The van der Waals surface area contributed by atoms with E-state index in [0.717, 1.165) is 31.4 Å². The van der Waals surface area contributed by atoms with Gasteiger partial charge in [-0.1, -0.05) is 25.0 Å². The highest BCUT2D eigenvalue weighted by Crippen LogP contribution is 2.23. The van der Waals surface area contributed by atoms with Crippen LogP contribution >= 0.6 is 0 Å². The van der Waals surface area contributed by atoms with Gasteiger partial charge in [-0.05, 0) is 31.3 Å². The third-order valence-corrected chi connectivity index (χ3v) is 3.28. The molecule has 0 aromatic rings. The zero-order valence-electron chi connectivity index (χ0n) is 11.6. The Morgan fingerprint density at radius 3 is 2.55 bits per heavy atom. The molecule has 0 radical (unpaired) electrons. The molecule has 20 heavy (non-hydrogen) atoms. The van der Waals surface area contributed by atoms with E-state index in [-0.39, 0.29) is 6.42 Å². The van der Waals surface area contributed by atoms with E-state index in [1.807, 2.05) is 6.08 Å². The molecule has 1 aliphatic rings. The third-order valence-electron chi connectivity index (χ3n) is 3.28. The summed E-state index contributed by atoms with van der Waals surface area (Å²) in [6, 6.07) is 0. The average Bonchev–Trinajstić information content (AvgIpc) is 2.80. The normalized spacial score (nSPS) is 14.1. The number of nitrogens with one attached hydrogen (secondary N) is 1. The lowest BCUT2D eigenvalue weighted by atomic mass is 9.99. The van der Waals surface area contributed by atoms with Crippen LogP contribution in [-0.2, 0) is 14.4 Å². The number of rotatable bonds is 10. The van der Waals surface area contributed by atoms with Crippen LogP contribution in [-0.4, -0.2) is 29.3 Å². The maximum absolute atomic E-state index is 10.7. The Kier molecular flexibility index (Phi) is 6.79.